The standard InChI is InChI=1S/C16H23N3/c1-10-6-7-14(12(3)11(10)2)16-13(4)15(8-9-17)19(5)18-16/h6-7H,8-9,17H2,1-5H3. The molecule has 102 valence electrons. The van der Waals surface area contributed by atoms with Gasteiger partial charge in [-0.05, 0) is 56.5 Å². The molecule has 0 aliphatic rings. The number of aromatic nitrogens is 2. The van der Waals surface area contributed by atoms with E-state index in [2.05, 4.69) is 39.8 Å². The summed E-state index contributed by atoms with van der Waals surface area (Å²) in [6.07, 6.45) is 0.874. The number of hydrogen-bond donors (Lipinski definition) is 1. The first kappa shape index (κ1) is 13.8. The molecule has 0 radical (unpaired) electrons. The van der Waals surface area contributed by atoms with Crippen LogP contribution in [0.5, 0.6) is 0 Å². The molecule has 0 spiro atoms. The van der Waals surface area contributed by atoms with Crippen LogP contribution in [0.1, 0.15) is 27.9 Å². The van der Waals surface area contributed by atoms with Crippen LogP contribution in [0.3, 0.4) is 0 Å². The summed E-state index contributed by atoms with van der Waals surface area (Å²) in [4.78, 5) is 0. The average Bonchev–Trinajstić information content (AvgIpc) is 2.65. The third-order valence-corrected chi connectivity index (χ3v) is 4.12. The van der Waals surface area contributed by atoms with Crippen molar-refractivity contribution in [1.29, 1.82) is 0 Å². The van der Waals surface area contributed by atoms with E-state index in [0.717, 1.165) is 12.1 Å². The summed E-state index contributed by atoms with van der Waals surface area (Å²) in [6.45, 7) is 9.30. The summed E-state index contributed by atoms with van der Waals surface area (Å²) in [7, 11) is 2.00. The van der Waals surface area contributed by atoms with E-state index in [1.807, 2.05) is 11.7 Å². The zero-order valence-electron chi connectivity index (χ0n) is 12.5. The van der Waals surface area contributed by atoms with Crippen molar-refractivity contribution in [3.8, 4) is 11.3 Å². The molecule has 0 saturated heterocycles. The van der Waals surface area contributed by atoms with Crippen LogP contribution in [-0.4, -0.2) is 16.3 Å². The van der Waals surface area contributed by atoms with Crippen LogP contribution >= 0.6 is 0 Å². The molecule has 19 heavy (non-hydrogen) atoms. The molecule has 0 unspecified atom stereocenters. The van der Waals surface area contributed by atoms with Gasteiger partial charge in [0.1, 0.15) is 0 Å². The number of hydrogen-bond acceptors (Lipinski definition) is 2. The van der Waals surface area contributed by atoms with Gasteiger partial charge >= 0.3 is 0 Å². The zero-order chi connectivity index (χ0) is 14.2. The molecule has 0 amide bonds. The Bertz CT molecular complexity index is 609. The fourth-order valence-electron chi connectivity index (χ4n) is 2.62. The molecule has 0 fully saturated rings. The highest BCUT2D eigenvalue weighted by molar-refractivity contribution is 5.69. The Hall–Kier alpha value is -1.61. The lowest BCUT2D eigenvalue weighted by Gasteiger charge is -2.10. The van der Waals surface area contributed by atoms with E-state index in [1.165, 1.54) is 33.5 Å². The predicted octanol–water partition coefficient (Wildman–Crippen LogP) is 2.82. The van der Waals surface area contributed by atoms with Gasteiger partial charge in [0.2, 0.25) is 0 Å². The summed E-state index contributed by atoms with van der Waals surface area (Å²) in [6, 6.07) is 4.35. The van der Waals surface area contributed by atoms with Crippen LogP contribution in [0.2, 0.25) is 0 Å². The van der Waals surface area contributed by atoms with Crippen molar-refractivity contribution >= 4 is 0 Å². The molecular weight excluding hydrogens is 234 g/mol. The minimum absolute atomic E-state index is 0.658. The molecule has 3 nitrogen and oxygen atoms in total. The maximum Gasteiger partial charge on any atom is 0.0957 e. The van der Waals surface area contributed by atoms with E-state index < -0.39 is 0 Å². The van der Waals surface area contributed by atoms with Gasteiger partial charge in [-0.1, -0.05) is 12.1 Å². The van der Waals surface area contributed by atoms with Crippen molar-refractivity contribution in [2.75, 3.05) is 6.54 Å². The Morgan fingerprint density at radius 3 is 2.37 bits per heavy atom. The molecule has 2 aromatic rings. The minimum Gasteiger partial charge on any atom is -0.330 e. The van der Waals surface area contributed by atoms with Gasteiger partial charge in [0.25, 0.3) is 0 Å². The van der Waals surface area contributed by atoms with Gasteiger partial charge in [-0.3, -0.25) is 4.68 Å². The lowest BCUT2D eigenvalue weighted by molar-refractivity contribution is 0.706. The Balaban J connectivity index is 2.60. The zero-order valence-corrected chi connectivity index (χ0v) is 12.5. The van der Waals surface area contributed by atoms with E-state index in [4.69, 9.17) is 10.8 Å². The fraction of sp³-hybridized carbons (Fsp3) is 0.438. The molecule has 2 N–H and O–H groups in total. The van der Waals surface area contributed by atoms with Crippen molar-refractivity contribution in [3.05, 3.63) is 40.1 Å². The van der Waals surface area contributed by atoms with Crippen molar-refractivity contribution in [3.63, 3.8) is 0 Å². The van der Waals surface area contributed by atoms with Gasteiger partial charge in [-0.2, -0.15) is 5.10 Å². The molecule has 2 rings (SSSR count). The molecular formula is C16H23N3. The second-order valence-corrected chi connectivity index (χ2v) is 5.26. The van der Waals surface area contributed by atoms with Crippen molar-refractivity contribution in [2.45, 2.75) is 34.1 Å². The van der Waals surface area contributed by atoms with Gasteiger partial charge < -0.3 is 5.73 Å². The first-order valence-corrected chi connectivity index (χ1v) is 6.77. The topological polar surface area (TPSA) is 43.8 Å². The van der Waals surface area contributed by atoms with Gasteiger partial charge in [0, 0.05) is 24.7 Å². The van der Waals surface area contributed by atoms with Crippen LogP contribution < -0.4 is 5.73 Å². The van der Waals surface area contributed by atoms with E-state index in [1.54, 1.807) is 0 Å². The summed E-state index contributed by atoms with van der Waals surface area (Å²) in [5, 5.41) is 4.69. The van der Waals surface area contributed by atoms with Gasteiger partial charge in [0.05, 0.1) is 5.69 Å². The van der Waals surface area contributed by atoms with Crippen LogP contribution in [0, 0.1) is 27.7 Å². The number of benzene rings is 1. The van der Waals surface area contributed by atoms with E-state index in [9.17, 15) is 0 Å². The van der Waals surface area contributed by atoms with Crippen LogP contribution in [0.4, 0.5) is 0 Å². The van der Waals surface area contributed by atoms with Crippen LogP contribution in [0.15, 0.2) is 12.1 Å². The summed E-state index contributed by atoms with van der Waals surface area (Å²) in [5.74, 6) is 0. The quantitative estimate of drug-likeness (QED) is 0.919. The van der Waals surface area contributed by atoms with Crippen molar-refractivity contribution in [1.82, 2.24) is 9.78 Å². The van der Waals surface area contributed by atoms with E-state index in [-0.39, 0.29) is 0 Å². The number of aryl methyl sites for hydroxylation is 2. The second kappa shape index (κ2) is 5.17. The van der Waals surface area contributed by atoms with Gasteiger partial charge in [-0.15, -0.1) is 0 Å². The number of nitrogens with two attached hydrogens (primary N) is 1. The summed E-state index contributed by atoms with van der Waals surface area (Å²) >= 11 is 0. The predicted molar refractivity (Wildman–Crippen MR) is 80.4 cm³/mol. The Labute approximate surface area is 115 Å². The molecule has 3 heteroatoms. The molecule has 1 heterocycles. The SMILES string of the molecule is Cc1ccc(-c2nn(C)c(CCN)c2C)c(C)c1C. The number of rotatable bonds is 3. The maximum absolute atomic E-state index is 5.68. The summed E-state index contributed by atoms with van der Waals surface area (Å²) in [5.41, 5.74) is 14.5. The third-order valence-electron chi connectivity index (χ3n) is 4.12. The third kappa shape index (κ3) is 2.30. The summed E-state index contributed by atoms with van der Waals surface area (Å²) < 4.78 is 1.96. The van der Waals surface area contributed by atoms with Crippen molar-refractivity contribution in [2.24, 2.45) is 12.8 Å². The molecule has 0 saturated carbocycles. The molecule has 0 atom stereocenters. The Morgan fingerprint density at radius 1 is 1.05 bits per heavy atom. The fourth-order valence-corrected chi connectivity index (χ4v) is 2.62. The highest BCUT2D eigenvalue weighted by Gasteiger charge is 2.16. The Kier molecular flexibility index (Phi) is 3.76. The first-order chi connectivity index (χ1) is 8.97. The maximum atomic E-state index is 5.68. The molecule has 0 bridgehead atoms. The lowest BCUT2D eigenvalue weighted by atomic mass is 9.95. The minimum atomic E-state index is 0.658. The van der Waals surface area contributed by atoms with E-state index >= 15 is 0 Å². The molecule has 0 aliphatic carbocycles. The normalized spacial score (nSPS) is 11.1. The average molecular weight is 257 g/mol. The first-order valence-electron chi connectivity index (χ1n) is 6.77. The molecule has 1 aromatic carbocycles. The monoisotopic (exact) mass is 257 g/mol. The van der Waals surface area contributed by atoms with Crippen LogP contribution in [0.25, 0.3) is 11.3 Å². The van der Waals surface area contributed by atoms with Gasteiger partial charge in [-0.25, -0.2) is 0 Å². The van der Waals surface area contributed by atoms with E-state index in [0.29, 0.717) is 6.54 Å². The Morgan fingerprint density at radius 2 is 1.74 bits per heavy atom. The molecule has 0 aliphatic heterocycles. The lowest BCUT2D eigenvalue weighted by Crippen LogP contribution is -2.08. The smallest absolute Gasteiger partial charge is 0.0957 e. The van der Waals surface area contributed by atoms with Crippen LogP contribution in [-0.2, 0) is 13.5 Å². The van der Waals surface area contributed by atoms with Crippen molar-refractivity contribution < 1.29 is 0 Å². The molecule has 1 aromatic heterocycles. The highest BCUT2D eigenvalue weighted by atomic mass is 15.3. The van der Waals surface area contributed by atoms with Gasteiger partial charge in [0.15, 0.2) is 0 Å². The second-order valence-electron chi connectivity index (χ2n) is 5.26. The largest absolute Gasteiger partial charge is 0.330 e. The highest BCUT2D eigenvalue weighted by Crippen LogP contribution is 2.30. The number of nitrogens with zero attached hydrogens (tertiary/aromatic N) is 2.